The second-order valence-corrected chi connectivity index (χ2v) is 2.75. The first-order chi connectivity index (χ1) is 6.70. The number of nitro groups is 1. The summed E-state index contributed by atoms with van der Waals surface area (Å²) < 4.78 is 0. The van der Waals surface area contributed by atoms with Crippen molar-refractivity contribution >= 4 is 22.1 Å². The van der Waals surface area contributed by atoms with E-state index in [-0.39, 0.29) is 5.69 Å². The maximum Gasteiger partial charge on any atom is 0.279 e. The third-order valence-electron chi connectivity index (χ3n) is 1.93. The zero-order valence-electron chi connectivity index (χ0n) is 7.04. The Morgan fingerprint density at radius 1 is 1.21 bits per heavy atom. The van der Waals surface area contributed by atoms with Crippen LogP contribution in [-0.2, 0) is 0 Å². The van der Waals surface area contributed by atoms with Crippen LogP contribution < -0.4 is 5.73 Å². The number of hydrogen-bond donors (Lipinski definition) is 1. The lowest BCUT2D eigenvalue weighted by molar-refractivity contribution is -0.383. The Kier molecular flexibility index (Phi) is 1.74. The summed E-state index contributed by atoms with van der Waals surface area (Å²) in [4.78, 5) is 10.2. The standard InChI is InChI=1S/C8H6N4O2/c9-7-1-2-8(12(13)14)6-4-11-10-3-5(6)7/h1-4H,9H2. The predicted molar refractivity (Wildman–Crippen MR) is 50.6 cm³/mol. The van der Waals surface area contributed by atoms with Crippen molar-refractivity contribution in [3.05, 3.63) is 34.6 Å². The molecule has 6 nitrogen and oxygen atoms in total. The maximum absolute atomic E-state index is 10.6. The van der Waals surface area contributed by atoms with Crippen LogP contribution in [0.2, 0.25) is 0 Å². The summed E-state index contributed by atoms with van der Waals surface area (Å²) in [5.41, 5.74) is 6.08. The monoisotopic (exact) mass is 190 g/mol. The van der Waals surface area contributed by atoms with E-state index in [0.29, 0.717) is 16.5 Å². The number of hydrogen-bond acceptors (Lipinski definition) is 5. The summed E-state index contributed by atoms with van der Waals surface area (Å²) in [5, 5.41) is 18.8. The van der Waals surface area contributed by atoms with Crippen molar-refractivity contribution in [2.75, 3.05) is 5.73 Å². The van der Waals surface area contributed by atoms with Crippen molar-refractivity contribution in [1.29, 1.82) is 0 Å². The first kappa shape index (κ1) is 8.36. The second kappa shape index (κ2) is 2.91. The minimum absolute atomic E-state index is 0.0101. The quantitative estimate of drug-likeness (QED) is 0.413. The Hall–Kier alpha value is -2.24. The molecule has 0 aliphatic heterocycles. The molecule has 14 heavy (non-hydrogen) atoms. The van der Waals surface area contributed by atoms with Crippen LogP contribution in [0.15, 0.2) is 24.5 Å². The largest absolute Gasteiger partial charge is 0.398 e. The highest BCUT2D eigenvalue weighted by Crippen LogP contribution is 2.27. The van der Waals surface area contributed by atoms with Gasteiger partial charge in [0.05, 0.1) is 22.7 Å². The molecule has 0 unspecified atom stereocenters. The Balaban J connectivity index is 2.88. The molecule has 0 radical (unpaired) electrons. The van der Waals surface area contributed by atoms with Crippen molar-refractivity contribution < 1.29 is 4.92 Å². The molecule has 1 heterocycles. The molecule has 1 aromatic carbocycles. The molecule has 0 saturated heterocycles. The summed E-state index contributed by atoms with van der Waals surface area (Å²) in [6.45, 7) is 0. The van der Waals surface area contributed by atoms with Gasteiger partial charge >= 0.3 is 0 Å². The highest BCUT2D eigenvalue weighted by Gasteiger charge is 2.12. The third-order valence-corrected chi connectivity index (χ3v) is 1.93. The van der Waals surface area contributed by atoms with Crippen LogP contribution in [-0.4, -0.2) is 15.1 Å². The lowest BCUT2D eigenvalue weighted by Gasteiger charge is -2.00. The summed E-state index contributed by atoms with van der Waals surface area (Å²) in [5.74, 6) is 0. The maximum atomic E-state index is 10.6. The lowest BCUT2D eigenvalue weighted by atomic mass is 10.1. The van der Waals surface area contributed by atoms with E-state index in [0.717, 1.165) is 0 Å². The molecular weight excluding hydrogens is 184 g/mol. The van der Waals surface area contributed by atoms with Gasteiger partial charge in [0.15, 0.2) is 0 Å². The zero-order chi connectivity index (χ0) is 10.1. The summed E-state index contributed by atoms with van der Waals surface area (Å²) in [6, 6.07) is 2.85. The first-order valence-electron chi connectivity index (χ1n) is 3.83. The topological polar surface area (TPSA) is 94.9 Å². The molecule has 0 spiro atoms. The van der Waals surface area contributed by atoms with Gasteiger partial charge in [-0.3, -0.25) is 10.1 Å². The minimum atomic E-state index is -0.469. The van der Waals surface area contributed by atoms with Gasteiger partial charge in [0.2, 0.25) is 0 Å². The average molecular weight is 190 g/mol. The van der Waals surface area contributed by atoms with Crippen molar-refractivity contribution in [3.8, 4) is 0 Å². The van der Waals surface area contributed by atoms with Crippen molar-refractivity contribution in [2.45, 2.75) is 0 Å². The number of fused-ring (bicyclic) bond motifs is 1. The van der Waals surface area contributed by atoms with E-state index in [4.69, 9.17) is 5.73 Å². The predicted octanol–water partition coefficient (Wildman–Crippen LogP) is 1.12. The fraction of sp³-hybridized carbons (Fsp3) is 0. The van der Waals surface area contributed by atoms with E-state index in [1.54, 1.807) is 0 Å². The second-order valence-electron chi connectivity index (χ2n) is 2.75. The molecule has 0 aliphatic rings. The Bertz CT molecular complexity index is 512. The van der Waals surface area contributed by atoms with Gasteiger partial charge in [0.1, 0.15) is 0 Å². The molecule has 0 fully saturated rings. The Morgan fingerprint density at radius 2 is 1.86 bits per heavy atom. The number of nitro benzene ring substituents is 1. The summed E-state index contributed by atoms with van der Waals surface area (Å²) in [6.07, 6.45) is 2.75. The van der Waals surface area contributed by atoms with Gasteiger partial charge in [0.25, 0.3) is 5.69 Å². The van der Waals surface area contributed by atoms with Crippen molar-refractivity contribution in [1.82, 2.24) is 10.2 Å². The van der Waals surface area contributed by atoms with Crippen molar-refractivity contribution in [2.24, 2.45) is 0 Å². The van der Waals surface area contributed by atoms with E-state index in [2.05, 4.69) is 10.2 Å². The van der Waals surface area contributed by atoms with Gasteiger partial charge in [-0.1, -0.05) is 0 Å². The fourth-order valence-corrected chi connectivity index (χ4v) is 1.26. The number of nitrogens with zero attached hydrogens (tertiary/aromatic N) is 3. The number of anilines is 1. The van der Waals surface area contributed by atoms with Crippen LogP contribution in [0.3, 0.4) is 0 Å². The summed E-state index contributed by atoms with van der Waals surface area (Å²) >= 11 is 0. The van der Waals surface area contributed by atoms with Gasteiger partial charge in [-0.25, -0.2) is 0 Å². The van der Waals surface area contributed by atoms with Gasteiger partial charge < -0.3 is 5.73 Å². The molecule has 0 aliphatic carbocycles. The highest BCUT2D eigenvalue weighted by molar-refractivity contribution is 5.97. The zero-order valence-corrected chi connectivity index (χ0v) is 7.04. The van der Waals surface area contributed by atoms with Crippen LogP contribution >= 0.6 is 0 Å². The van der Waals surface area contributed by atoms with Gasteiger partial charge in [0, 0.05) is 17.1 Å². The number of benzene rings is 1. The molecule has 2 rings (SSSR count). The van der Waals surface area contributed by atoms with Crippen LogP contribution in [0, 0.1) is 10.1 Å². The first-order valence-corrected chi connectivity index (χ1v) is 3.83. The van der Waals surface area contributed by atoms with E-state index in [1.807, 2.05) is 0 Å². The minimum Gasteiger partial charge on any atom is -0.398 e. The smallest absolute Gasteiger partial charge is 0.279 e. The van der Waals surface area contributed by atoms with Crippen LogP contribution in [0.25, 0.3) is 10.8 Å². The van der Waals surface area contributed by atoms with Gasteiger partial charge in [-0.2, -0.15) is 10.2 Å². The molecule has 0 amide bonds. The molecule has 70 valence electrons. The van der Waals surface area contributed by atoms with E-state index in [9.17, 15) is 10.1 Å². The van der Waals surface area contributed by atoms with E-state index < -0.39 is 4.92 Å². The number of rotatable bonds is 1. The van der Waals surface area contributed by atoms with E-state index in [1.165, 1.54) is 24.5 Å². The molecule has 0 saturated carbocycles. The van der Waals surface area contributed by atoms with Crippen LogP contribution in [0.5, 0.6) is 0 Å². The molecule has 6 heteroatoms. The van der Waals surface area contributed by atoms with Crippen LogP contribution in [0.4, 0.5) is 11.4 Å². The highest BCUT2D eigenvalue weighted by atomic mass is 16.6. The normalized spacial score (nSPS) is 10.3. The van der Waals surface area contributed by atoms with Crippen molar-refractivity contribution in [3.63, 3.8) is 0 Å². The molecule has 1 aromatic heterocycles. The molecular formula is C8H6N4O2. The van der Waals surface area contributed by atoms with E-state index >= 15 is 0 Å². The number of non-ortho nitro benzene ring substituents is 1. The Labute approximate surface area is 78.5 Å². The third kappa shape index (κ3) is 1.13. The number of nitrogens with two attached hydrogens (primary N) is 1. The fourth-order valence-electron chi connectivity index (χ4n) is 1.26. The Morgan fingerprint density at radius 3 is 2.50 bits per heavy atom. The lowest BCUT2D eigenvalue weighted by Crippen LogP contribution is -1.94. The molecule has 2 N–H and O–H groups in total. The van der Waals surface area contributed by atoms with Crippen LogP contribution in [0.1, 0.15) is 0 Å². The average Bonchev–Trinajstić information content (AvgIpc) is 2.18. The SMILES string of the molecule is Nc1ccc([N+](=O)[O-])c2cnncc12. The molecule has 0 bridgehead atoms. The number of aromatic nitrogens is 2. The summed E-state index contributed by atoms with van der Waals surface area (Å²) in [7, 11) is 0. The molecule has 0 atom stereocenters. The molecule has 2 aromatic rings. The number of nitrogen functional groups attached to an aromatic ring is 1. The van der Waals surface area contributed by atoms with Gasteiger partial charge in [-0.05, 0) is 6.07 Å². The van der Waals surface area contributed by atoms with Gasteiger partial charge in [-0.15, -0.1) is 0 Å².